The molecule has 1 aliphatic rings. The molecule has 0 saturated carbocycles. The van der Waals surface area contributed by atoms with Crippen LogP contribution in [0.5, 0.6) is 0 Å². The van der Waals surface area contributed by atoms with Crippen molar-refractivity contribution in [3.05, 3.63) is 71.7 Å². The average molecular weight is 460 g/mol. The number of morpholine rings is 1. The maximum atomic E-state index is 14.1. The van der Waals surface area contributed by atoms with E-state index in [1.165, 1.54) is 12.3 Å². The molecule has 0 radical (unpaired) electrons. The van der Waals surface area contributed by atoms with Gasteiger partial charge in [0.15, 0.2) is 11.6 Å². The Morgan fingerprint density at radius 1 is 1.03 bits per heavy atom. The maximum Gasteiger partial charge on any atom is 0.416 e. The first kappa shape index (κ1) is 22.5. The van der Waals surface area contributed by atoms with Gasteiger partial charge in [-0.2, -0.15) is 23.3 Å². The Morgan fingerprint density at radius 3 is 2.52 bits per heavy atom. The molecule has 1 saturated heterocycles. The number of hydrogen-bond acceptors (Lipinski definition) is 7. The van der Waals surface area contributed by atoms with Gasteiger partial charge in [0.1, 0.15) is 0 Å². The third-order valence-electron chi connectivity index (χ3n) is 4.80. The second-order valence-corrected chi connectivity index (χ2v) is 7.16. The van der Waals surface area contributed by atoms with Crippen LogP contribution in [0.4, 0.5) is 40.7 Å². The lowest BCUT2D eigenvalue weighted by Crippen LogP contribution is -2.37. The first-order valence-corrected chi connectivity index (χ1v) is 10.1. The van der Waals surface area contributed by atoms with Gasteiger partial charge in [0, 0.05) is 24.5 Å². The van der Waals surface area contributed by atoms with Crippen molar-refractivity contribution in [2.24, 2.45) is 5.10 Å². The molecular weight excluding hydrogens is 440 g/mol. The number of nitrogens with one attached hydrogen (secondary N) is 2. The lowest BCUT2D eigenvalue weighted by atomic mass is 10.1. The Balaban J connectivity index is 1.37. The minimum absolute atomic E-state index is 0.150. The SMILES string of the molecule is Fc1cnc(N/N=C/c2ccc(Nc3cccc(C(F)(F)F)c3)cc2)nc1N1CCOCC1. The van der Waals surface area contributed by atoms with E-state index < -0.39 is 17.6 Å². The number of ether oxygens (including phenoxy) is 1. The molecule has 11 heteroatoms. The number of halogens is 4. The average Bonchev–Trinajstić information content (AvgIpc) is 2.81. The normalized spacial score (nSPS) is 14.5. The van der Waals surface area contributed by atoms with Crippen LogP contribution >= 0.6 is 0 Å². The highest BCUT2D eigenvalue weighted by molar-refractivity contribution is 5.81. The van der Waals surface area contributed by atoms with Crippen LogP contribution in [0.25, 0.3) is 0 Å². The van der Waals surface area contributed by atoms with E-state index in [0.717, 1.165) is 23.9 Å². The van der Waals surface area contributed by atoms with Crippen molar-refractivity contribution in [3.8, 4) is 0 Å². The van der Waals surface area contributed by atoms with Gasteiger partial charge in [0.05, 0.1) is 31.2 Å². The van der Waals surface area contributed by atoms with E-state index >= 15 is 0 Å². The molecule has 0 amide bonds. The van der Waals surface area contributed by atoms with Crippen molar-refractivity contribution in [1.82, 2.24) is 9.97 Å². The summed E-state index contributed by atoms with van der Waals surface area (Å²) in [6.45, 7) is 2.08. The van der Waals surface area contributed by atoms with Gasteiger partial charge < -0.3 is 15.0 Å². The topological polar surface area (TPSA) is 74.7 Å². The summed E-state index contributed by atoms with van der Waals surface area (Å²) >= 11 is 0. The third kappa shape index (κ3) is 5.95. The van der Waals surface area contributed by atoms with Crippen molar-refractivity contribution in [3.63, 3.8) is 0 Å². The van der Waals surface area contributed by atoms with Crippen LogP contribution in [0.1, 0.15) is 11.1 Å². The van der Waals surface area contributed by atoms with E-state index in [9.17, 15) is 17.6 Å². The molecule has 0 unspecified atom stereocenters. The van der Waals surface area contributed by atoms with Gasteiger partial charge >= 0.3 is 6.18 Å². The number of alkyl halides is 3. The molecule has 1 aromatic heterocycles. The van der Waals surface area contributed by atoms with Crippen LogP contribution in [-0.4, -0.2) is 42.5 Å². The zero-order chi connectivity index (χ0) is 23.3. The van der Waals surface area contributed by atoms with Crippen molar-refractivity contribution < 1.29 is 22.3 Å². The van der Waals surface area contributed by atoms with Crippen LogP contribution in [0, 0.1) is 5.82 Å². The van der Waals surface area contributed by atoms with Crippen LogP contribution in [0.15, 0.2) is 59.8 Å². The summed E-state index contributed by atoms with van der Waals surface area (Å²) in [5, 5.41) is 7.01. The number of benzene rings is 2. The minimum Gasteiger partial charge on any atom is -0.378 e. The zero-order valence-electron chi connectivity index (χ0n) is 17.3. The summed E-state index contributed by atoms with van der Waals surface area (Å²) in [4.78, 5) is 9.86. The predicted molar refractivity (Wildman–Crippen MR) is 117 cm³/mol. The van der Waals surface area contributed by atoms with Crippen LogP contribution in [0.3, 0.4) is 0 Å². The first-order valence-electron chi connectivity index (χ1n) is 10.1. The molecule has 4 rings (SSSR count). The van der Waals surface area contributed by atoms with E-state index in [1.807, 2.05) is 0 Å². The summed E-state index contributed by atoms with van der Waals surface area (Å²) < 4.78 is 57.9. The molecule has 0 bridgehead atoms. The monoisotopic (exact) mass is 460 g/mol. The maximum absolute atomic E-state index is 14.1. The Bertz CT molecular complexity index is 1110. The Hall–Kier alpha value is -3.73. The van der Waals surface area contributed by atoms with Crippen LogP contribution in [0.2, 0.25) is 0 Å². The van der Waals surface area contributed by atoms with Gasteiger partial charge in [-0.15, -0.1) is 0 Å². The summed E-state index contributed by atoms with van der Waals surface area (Å²) in [6, 6.07) is 11.9. The van der Waals surface area contributed by atoms with E-state index in [0.29, 0.717) is 37.7 Å². The molecule has 172 valence electrons. The van der Waals surface area contributed by atoms with Crippen molar-refractivity contribution in [1.29, 1.82) is 0 Å². The zero-order valence-corrected chi connectivity index (χ0v) is 17.3. The van der Waals surface area contributed by atoms with E-state index in [4.69, 9.17) is 4.74 Å². The molecule has 0 spiro atoms. The molecule has 2 N–H and O–H groups in total. The molecule has 1 fully saturated rings. The largest absolute Gasteiger partial charge is 0.416 e. The first-order chi connectivity index (χ1) is 15.9. The molecule has 2 heterocycles. The van der Waals surface area contributed by atoms with E-state index in [-0.39, 0.29) is 11.8 Å². The highest BCUT2D eigenvalue weighted by atomic mass is 19.4. The Labute approximate surface area is 187 Å². The van der Waals surface area contributed by atoms with Gasteiger partial charge in [-0.25, -0.2) is 14.8 Å². The number of anilines is 4. The fraction of sp³-hybridized carbons (Fsp3) is 0.227. The number of aromatic nitrogens is 2. The molecule has 3 aromatic rings. The third-order valence-corrected chi connectivity index (χ3v) is 4.80. The quantitative estimate of drug-likeness (QED) is 0.317. The second-order valence-electron chi connectivity index (χ2n) is 7.16. The molecule has 0 aliphatic carbocycles. The molecule has 7 nitrogen and oxygen atoms in total. The second kappa shape index (κ2) is 9.82. The van der Waals surface area contributed by atoms with Crippen molar-refractivity contribution >= 4 is 29.4 Å². The molecule has 2 aromatic carbocycles. The highest BCUT2D eigenvalue weighted by Gasteiger charge is 2.30. The number of hydrogen-bond donors (Lipinski definition) is 2. The lowest BCUT2D eigenvalue weighted by Gasteiger charge is -2.27. The smallest absolute Gasteiger partial charge is 0.378 e. The van der Waals surface area contributed by atoms with E-state index in [2.05, 4.69) is 25.8 Å². The Morgan fingerprint density at radius 2 is 1.79 bits per heavy atom. The Kier molecular flexibility index (Phi) is 6.68. The predicted octanol–water partition coefficient (Wildman–Crippen LogP) is 4.66. The number of hydrazone groups is 1. The van der Waals surface area contributed by atoms with Crippen molar-refractivity contribution in [2.45, 2.75) is 6.18 Å². The minimum atomic E-state index is -4.40. The number of nitrogens with zero attached hydrogens (tertiary/aromatic N) is 4. The van der Waals surface area contributed by atoms with Gasteiger partial charge in [-0.1, -0.05) is 18.2 Å². The molecule has 0 atom stereocenters. The molecular formula is C22H20F4N6O. The fourth-order valence-electron chi connectivity index (χ4n) is 3.17. The van der Waals surface area contributed by atoms with E-state index in [1.54, 1.807) is 35.2 Å². The highest BCUT2D eigenvalue weighted by Crippen LogP contribution is 2.31. The summed E-state index contributed by atoms with van der Waals surface area (Å²) in [5.74, 6) is -0.178. The van der Waals surface area contributed by atoms with Gasteiger partial charge in [-0.05, 0) is 35.9 Å². The number of rotatable bonds is 6. The summed E-state index contributed by atoms with van der Waals surface area (Å²) in [5.41, 5.74) is 3.64. The van der Waals surface area contributed by atoms with Crippen LogP contribution < -0.4 is 15.6 Å². The standard InChI is InChI=1S/C22H20F4N6O/c23-19-14-27-21(30-20(19)32-8-10-33-11-9-32)31-28-13-15-4-6-17(7-5-15)29-18-3-1-2-16(12-18)22(24,25)26/h1-7,12-14,29H,8-11H2,(H,27,30,31)/b28-13+. The van der Waals surface area contributed by atoms with Gasteiger partial charge in [-0.3, -0.25) is 0 Å². The lowest BCUT2D eigenvalue weighted by molar-refractivity contribution is -0.137. The van der Waals surface area contributed by atoms with Gasteiger partial charge in [0.25, 0.3) is 0 Å². The van der Waals surface area contributed by atoms with Gasteiger partial charge in [0.2, 0.25) is 5.95 Å². The van der Waals surface area contributed by atoms with Crippen molar-refractivity contribution in [2.75, 3.05) is 41.9 Å². The van der Waals surface area contributed by atoms with Crippen LogP contribution in [-0.2, 0) is 10.9 Å². The molecule has 1 aliphatic heterocycles. The fourth-order valence-corrected chi connectivity index (χ4v) is 3.17. The summed E-state index contributed by atoms with van der Waals surface area (Å²) in [7, 11) is 0. The molecule has 33 heavy (non-hydrogen) atoms. The summed E-state index contributed by atoms with van der Waals surface area (Å²) in [6.07, 6.45) is -1.79.